The zero-order valence-electron chi connectivity index (χ0n) is 11.4. The number of nitrogens with zero attached hydrogens (tertiary/aromatic N) is 2. The van der Waals surface area contributed by atoms with Crippen molar-refractivity contribution in [2.75, 3.05) is 24.6 Å². The number of benzene rings is 1. The summed E-state index contributed by atoms with van der Waals surface area (Å²) in [5.74, 6) is -0.878. The van der Waals surface area contributed by atoms with E-state index in [1.165, 1.54) is 12.1 Å². The molecule has 1 saturated heterocycles. The second kappa shape index (κ2) is 6.38. The molecular weight excluding hydrogens is 259 g/mol. The van der Waals surface area contributed by atoms with Crippen LogP contribution in [0.15, 0.2) is 18.2 Å². The Morgan fingerprint density at radius 2 is 2.40 bits per heavy atom. The molecule has 4 nitrogen and oxygen atoms in total. The SMILES string of the molecule is CCOC(=O)C1CCCN(c2ccc(C#N)c(F)c2)C1. The lowest BCUT2D eigenvalue weighted by atomic mass is 9.97. The van der Waals surface area contributed by atoms with Crippen LogP contribution in [0.25, 0.3) is 0 Å². The van der Waals surface area contributed by atoms with E-state index in [1.807, 2.05) is 4.90 Å². The minimum Gasteiger partial charge on any atom is -0.466 e. The summed E-state index contributed by atoms with van der Waals surface area (Å²) in [5, 5.41) is 8.73. The van der Waals surface area contributed by atoms with Gasteiger partial charge in [0.1, 0.15) is 11.9 Å². The zero-order chi connectivity index (χ0) is 14.5. The van der Waals surface area contributed by atoms with Gasteiger partial charge in [-0.25, -0.2) is 4.39 Å². The van der Waals surface area contributed by atoms with E-state index in [2.05, 4.69) is 0 Å². The van der Waals surface area contributed by atoms with Crippen molar-refractivity contribution < 1.29 is 13.9 Å². The summed E-state index contributed by atoms with van der Waals surface area (Å²) in [6.45, 7) is 3.47. The van der Waals surface area contributed by atoms with Gasteiger partial charge in [-0.1, -0.05) is 0 Å². The topological polar surface area (TPSA) is 53.3 Å². The molecule has 0 saturated carbocycles. The van der Waals surface area contributed by atoms with E-state index < -0.39 is 5.82 Å². The molecule has 1 fully saturated rings. The Kier molecular flexibility index (Phi) is 4.57. The van der Waals surface area contributed by atoms with Crippen LogP contribution in [0.5, 0.6) is 0 Å². The van der Waals surface area contributed by atoms with Crippen LogP contribution in [-0.2, 0) is 9.53 Å². The number of esters is 1. The molecule has 1 aliphatic heterocycles. The van der Waals surface area contributed by atoms with Gasteiger partial charge in [0.2, 0.25) is 0 Å². The minimum atomic E-state index is -0.525. The van der Waals surface area contributed by atoms with Gasteiger partial charge < -0.3 is 9.64 Å². The van der Waals surface area contributed by atoms with E-state index in [4.69, 9.17) is 10.00 Å². The van der Waals surface area contributed by atoms with Crippen LogP contribution >= 0.6 is 0 Å². The highest BCUT2D eigenvalue weighted by Gasteiger charge is 2.27. The molecule has 2 rings (SSSR count). The van der Waals surface area contributed by atoms with Crippen molar-refractivity contribution in [3.05, 3.63) is 29.6 Å². The molecule has 0 N–H and O–H groups in total. The second-order valence-electron chi connectivity index (χ2n) is 4.81. The van der Waals surface area contributed by atoms with Crippen molar-refractivity contribution in [3.8, 4) is 6.07 Å². The number of piperidine rings is 1. The summed E-state index contributed by atoms with van der Waals surface area (Å²) in [6.07, 6.45) is 1.67. The van der Waals surface area contributed by atoms with E-state index in [0.717, 1.165) is 19.4 Å². The van der Waals surface area contributed by atoms with E-state index in [9.17, 15) is 9.18 Å². The summed E-state index contributed by atoms with van der Waals surface area (Å²) in [4.78, 5) is 13.7. The van der Waals surface area contributed by atoms with Crippen LogP contribution in [0.2, 0.25) is 0 Å². The highest BCUT2D eigenvalue weighted by Crippen LogP contribution is 2.25. The summed E-state index contributed by atoms with van der Waals surface area (Å²) < 4.78 is 18.7. The Balaban J connectivity index is 2.11. The maximum atomic E-state index is 13.6. The highest BCUT2D eigenvalue weighted by atomic mass is 19.1. The quantitative estimate of drug-likeness (QED) is 0.796. The normalized spacial score (nSPS) is 18.4. The molecule has 0 radical (unpaired) electrons. The molecule has 1 aliphatic rings. The average molecular weight is 276 g/mol. The molecule has 1 aromatic carbocycles. The number of hydrogen-bond donors (Lipinski definition) is 0. The molecule has 1 unspecified atom stereocenters. The van der Waals surface area contributed by atoms with Crippen molar-refractivity contribution in [2.45, 2.75) is 19.8 Å². The molecule has 0 aromatic heterocycles. The largest absolute Gasteiger partial charge is 0.466 e. The number of anilines is 1. The van der Waals surface area contributed by atoms with Crippen LogP contribution in [0.4, 0.5) is 10.1 Å². The minimum absolute atomic E-state index is 0.0349. The first kappa shape index (κ1) is 14.3. The van der Waals surface area contributed by atoms with Crippen LogP contribution in [0.1, 0.15) is 25.3 Å². The van der Waals surface area contributed by atoms with Gasteiger partial charge in [-0.05, 0) is 38.0 Å². The maximum Gasteiger partial charge on any atom is 0.310 e. The molecule has 1 heterocycles. The number of ether oxygens (including phenoxy) is 1. The Hall–Kier alpha value is -2.09. The van der Waals surface area contributed by atoms with Gasteiger partial charge in [0, 0.05) is 18.8 Å². The fraction of sp³-hybridized carbons (Fsp3) is 0.467. The molecule has 1 aromatic rings. The predicted octanol–water partition coefficient (Wildman–Crippen LogP) is 2.48. The number of nitriles is 1. The summed E-state index contributed by atoms with van der Waals surface area (Å²) in [5.41, 5.74) is 0.739. The standard InChI is InChI=1S/C15H17FN2O2/c1-2-20-15(19)12-4-3-7-18(10-12)13-6-5-11(9-17)14(16)8-13/h5-6,8,12H,2-4,7,10H2,1H3. The van der Waals surface area contributed by atoms with Crippen molar-refractivity contribution in [1.29, 1.82) is 5.26 Å². The number of rotatable bonds is 3. The Bertz CT molecular complexity index is 539. The van der Waals surface area contributed by atoms with Gasteiger partial charge in [0.05, 0.1) is 18.1 Å². The lowest BCUT2D eigenvalue weighted by Gasteiger charge is -2.33. The van der Waals surface area contributed by atoms with Crippen LogP contribution in [-0.4, -0.2) is 25.7 Å². The lowest BCUT2D eigenvalue weighted by molar-refractivity contribution is -0.148. The van der Waals surface area contributed by atoms with E-state index in [1.54, 1.807) is 19.1 Å². The number of hydrogen-bond acceptors (Lipinski definition) is 4. The fourth-order valence-electron chi connectivity index (χ4n) is 2.46. The Labute approximate surface area is 117 Å². The summed E-state index contributed by atoms with van der Waals surface area (Å²) in [6, 6.07) is 6.34. The first-order chi connectivity index (χ1) is 9.65. The van der Waals surface area contributed by atoms with Crippen molar-refractivity contribution >= 4 is 11.7 Å². The highest BCUT2D eigenvalue weighted by molar-refractivity contribution is 5.73. The molecule has 0 amide bonds. The van der Waals surface area contributed by atoms with E-state index in [0.29, 0.717) is 18.8 Å². The number of carbonyl (C=O) groups excluding carboxylic acids is 1. The van der Waals surface area contributed by atoms with Crippen LogP contribution in [0.3, 0.4) is 0 Å². The van der Waals surface area contributed by atoms with Crippen LogP contribution in [0, 0.1) is 23.1 Å². The van der Waals surface area contributed by atoms with E-state index >= 15 is 0 Å². The predicted molar refractivity (Wildman–Crippen MR) is 72.7 cm³/mol. The van der Waals surface area contributed by atoms with Crippen molar-refractivity contribution in [1.82, 2.24) is 0 Å². The van der Waals surface area contributed by atoms with Crippen molar-refractivity contribution in [3.63, 3.8) is 0 Å². The number of carbonyl (C=O) groups is 1. The van der Waals surface area contributed by atoms with Gasteiger partial charge in [-0.3, -0.25) is 4.79 Å². The van der Waals surface area contributed by atoms with Crippen molar-refractivity contribution in [2.24, 2.45) is 5.92 Å². The van der Waals surface area contributed by atoms with Gasteiger partial charge >= 0.3 is 5.97 Å². The molecule has 0 spiro atoms. The molecule has 5 heteroatoms. The first-order valence-electron chi connectivity index (χ1n) is 6.77. The molecule has 20 heavy (non-hydrogen) atoms. The van der Waals surface area contributed by atoms with Gasteiger partial charge in [0.25, 0.3) is 0 Å². The van der Waals surface area contributed by atoms with E-state index in [-0.39, 0.29) is 17.5 Å². The summed E-state index contributed by atoms with van der Waals surface area (Å²) >= 11 is 0. The molecular formula is C15H17FN2O2. The zero-order valence-corrected chi connectivity index (χ0v) is 11.4. The van der Waals surface area contributed by atoms with Gasteiger partial charge in [-0.15, -0.1) is 0 Å². The smallest absolute Gasteiger partial charge is 0.310 e. The lowest BCUT2D eigenvalue weighted by Crippen LogP contribution is -2.39. The Morgan fingerprint density at radius 1 is 1.60 bits per heavy atom. The first-order valence-corrected chi connectivity index (χ1v) is 6.77. The fourth-order valence-corrected chi connectivity index (χ4v) is 2.46. The monoisotopic (exact) mass is 276 g/mol. The third kappa shape index (κ3) is 3.08. The van der Waals surface area contributed by atoms with Gasteiger partial charge in [0.15, 0.2) is 0 Å². The molecule has 1 atom stereocenters. The third-order valence-electron chi connectivity index (χ3n) is 3.48. The molecule has 106 valence electrons. The van der Waals surface area contributed by atoms with Crippen LogP contribution < -0.4 is 4.90 Å². The number of halogens is 1. The summed E-state index contributed by atoms with van der Waals surface area (Å²) in [7, 11) is 0. The Morgan fingerprint density at radius 3 is 3.05 bits per heavy atom. The third-order valence-corrected chi connectivity index (χ3v) is 3.48. The average Bonchev–Trinajstić information content (AvgIpc) is 2.47. The molecule has 0 bridgehead atoms. The van der Waals surface area contributed by atoms with Gasteiger partial charge in [-0.2, -0.15) is 5.26 Å². The second-order valence-corrected chi connectivity index (χ2v) is 4.81. The maximum absolute atomic E-state index is 13.6. The molecule has 0 aliphatic carbocycles.